The molecule has 4 aromatic heterocycles. The number of anilines is 1. The highest BCUT2D eigenvalue weighted by atomic mass is 32.1. The first kappa shape index (κ1) is 26.2. The predicted molar refractivity (Wildman–Crippen MR) is 158 cm³/mol. The molecule has 0 unspecified atom stereocenters. The van der Waals surface area contributed by atoms with Gasteiger partial charge in [0.1, 0.15) is 10.8 Å². The van der Waals surface area contributed by atoms with E-state index in [1.165, 1.54) is 5.56 Å². The number of rotatable bonds is 9. The molecule has 0 aliphatic heterocycles. The zero-order valence-electron chi connectivity index (χ0n) is 22.7. The lowest BCUT2D eigenvalue weighted by Crippen LogP contribution is -2.14. The summed E-state index contributed by atoms with van der Waals surface area (Å²) in [5, 5.41) is 13.3. The van der Waals surface area contributed by atoms with Crippen molar-refractivity contribution in [2.24, 2.45) is 11.7 Å². The Bertz CT molecular complexity index is 1830. The lowest BCUT2D eigenvalue weighted by Gasteiger charge is -2.20. The molecule has 5 aromatic rings. The first-order chi connectivity index (χ1) is 20.5. The third kappa shape index (κ3) is 5.20. The summed E-state index contributed by atoms with van der Waals surface area (Å²) in [4.78, 5) is 38.3. The van der Waals surface area contributed by atoms with Gasteiger partial charge in [-0.3, -0.25) is 14.6 Å². The van der Waals surface area contributed by atoms with Gasteiger partial charge in [-0.1, -0.05) is 23.4 Å². The Morgan fingerprint density at radius 2 is 1.98 bits per heavy atom. The average Bonchev–Trinajstić information content (AvgIpc) is 3.61. The fourth-order valence-electron chi connectivity index (χ4n) is 5.27. The molecular formula is C30H28N8O3S. The standard InChI is InChI=1S/C30H28N8O3S/c31-27(39)26-29(35-30(42-26)18-11-13-32-24(15-18)34-28(40)17-9-10-17)41-14-12-19-16-38(37-36-19)25-20-5-1-3-7-22(20)33-23-8-4-2-6-21(23)25/h1,3,5,7,11,13,15-17H,2,4,6,8-10,12,14H2,(H2,31,39)(H,32,34,40). The molecule has 12 heteroatoms. The number of aromatic nitrogens is 6. The summed E-state index contributed by atoms with van der Waals surface area (Å²) in [6.45, 7) is 0.233. The Kier molecular flexibility index (Phi) is 6.82. The molecule has 42 heavy (non-hydrogen) atoms. The van der Waals surface area contributed by atoms with Crippen LogP contribution in [0.4, 0.5) is 5.82 Å². The van der Waals surface area contributed by atoms with Crippen molar-refractivity contribution in [3.05, 3.63) is 70.6 Å². The van der Waals surface area contributed by atoms with E-state index in [1.807, 2.05) is 29.1 Å². The van der Waals surface area contributed by atoms with Crippen LogP contribution in [0.25, 0.3) is 27.2 Å². The first-order valence-electron chi connectivity index (χ1n) is 14.1. The lowest BCUT2D eigenvalue weighted by molar-refractivity contribution is -0.117. The summed E-state index contributed by atoms with van der Waals surface area (Å²) < 4.78 is 7.79. The molecule has 212 valence electrons. The van der Waals surface area contributed by atoms with E-state index in [2.05, 4.69) is 31.7 Å². The molecule has 0 radical (unpaired) electrons. The highest BCUT2D eigenvalue weighted by molar-refractivity contribution is 7.17. The van der Waals surface area contributed by atoms with Crippen LogP contribution in [0.2, 0.25) is 0 Å². The molecule has 3 N–H and O–H groups in total. The number of amides is 2. The number of thiazole rings is 1. The van der Waals surface area contributed by atoms with Gasteiger partial charge in [0.15, 0.2) is 4.88 Å². The normalized spacial score (nSPS) is 14.5. The van der Waals surface area contributed by atoms with Crippen molar-refractivity contribution in [1.29, 1.82) is 0 Å². The Hall–Kier alpha value is -4.71. The van der Waals surface area contributed by atoms with Crippen molar-refractivity contribution in [3.63, 3.8) is 0 Å². The number of primary amides is 1. The number of carbonyl (C=O) groups excluding carboxylic acids is 2. The molecule has 2 aliphatic rings. The van der Waals surface area contributed by atoms with E-state index in [4.69, 9.17) is 15.5 Å². The van der Waals surface area contributed by atoms with Crippen molar-refractivity contribution in [2.75, 3.05) is 11.9 Å². The number of nitrogens with one attached hydrogen (secondary N) is 1. The van der Waals surface area contributed by atoms with E-state index in [-0.39, 0.29) is 29.2 Å². The molecule has 1 aromatic carbocycles. The fraction of sp³-hybridized carbons (Fsp3) is 0.300. The molecule has 0 bridgehead atoms. The van der Waals surface area contributed by atoms with Gasteiger partial charge in [0.05, 0.1) is 29.7 Å². The predicted octanol–water partition coefficient (Wildman–Crippen LogP) is 4.28. The maximum atomic E-state index is 12.2. The maximum Gasteiger partial charge on any atom is 0.264 e. The Labute approximate surface area is 245 Å². The van der Waals surface area contributed by atoms with Crippen molar-refractivity contribution in [1.82, 2.24) is 29.9 Å². The first-order valence-corrected chi connectivity index (χ1v) is 14.9. The third-order valence-corrected chi connectivity index (χ3v) is 8.63. The van der Waals surface area contributed by atoms with Crippen molar-refractivity contribution in [3.8, 4) is 22.1 Å². The molecule has 2 aliphatic carbocycles. The second-order valence-electron chi connectivity index (χ2n) is 10.6. The Balaban J connectivity index is 1.08. The van der Waals surface area contributed by atoms with Gasteiger partial charge in [-0.15, -0.1) is 16.4 Å². The summed E-state index contributed by atoms with van der Waals surface area (Å²) >= 11 is 1.14. The molecule has 0 saturated heterocycles. The van der Waals surface area contributed by atoms with Crippen LogP contribution in [0.15, 0.2) is 48.8 Å². The molecule has 4 heterocycles. The molecule has 11 nitrogen and oxygen atoms in total. The second-order valence-corrected chi connectivity index (χ2v) is 11.6. The van der Waals surface area contributed by atoms with Gasteiger partial charge in [0.2, 0.25) is 11.8 Å². The number of aryl methyl sites for hydroxylation is 1. The number of para-hydroxylation sites is 1. The number of pyridine rings is 2. The van der Waals surface area contributed by atoms with E-state index in [1.54, 1.807) is 18.3 Å². The van der Waals surface area contributed by atoms with Crippen LogP contribution in [0.5, 0.6) is 5.88 Å². The highest BCUT2D eigenvalue weighted by Crippen LogP contribution is 2.35. The largest absolute Gasteiger partial charge is 0.476 e. The maximum absolute atomic E-state index is 12.2. The molecule has 1 saturated carbocycles. The van der Waals surface area contributed by atoms with Gasteiger partial charge in [0, 0.05) is 40.7 Å². The SMILES string of the molecule is NC(=O)c1sc(-c2ccnc(NC(=O)C3CC3)c2)nc1OCCc1cn(-c2c3c(nc4ccccc24)CCCC3)nn1. The fourth-order valence-corrected chi connectivity index (χ4v) is 6.13. The van der Waals surface area contributed by atoms with Gasteiger partial charge >= 0.3 is 0 Å². The van der Waals surface area contributed by atoms with Crippen LogP contribution in [0.1, 0.15) is 52.3 Å². The van der Waals surface area contributed by atoms with E-state index < -0.39 is 5.91 Å². The summed E-state index contributed by atoms with van der Waals surface area (Å²) in [5.41, 5.74) is 11.5. The minimum Gasteiger partial charge on any atom is -0.476 e. The molecule has 0 spiro atoms. The van der Waals surface area contributed by atoms with E-state index in [9.17, 15) is 9.59 Å². The van der Waals surface area contributed by atoms with Gasteiger partial charge in [0.25, 0.3) is 5.91 Å². The Morgan fingerprint density at radius 1 is 1.12 bits per heavy atom. The summed E-state index contributed by atoms with van der Waals surface area (Å²) in [7, 11) is 0. The molecular weight excluding hydrogens is 552 g/mol. The third-order valence-electron chi connectivity index (χ3n) is 7.53. The van der Waals surface area contributed by atoms with Crippen LogP contribution in [0.3, 0.4) is 0 Å². The van der Waals surface area contributed by atoms with Crippen LogP contribution >= 0.6 is 11.3 Å². The van der Waals surface area contributed by atoms with Crippen molar-refractivity contribution >= 4 is 39.9 Å². The van der Waals surface area contributed by atoms with Crippen LogP contribution in [-0.4, -0.2) is 48.4 Å². The van der Waals surface area contributed by atoms with Gasteiger partial charge in [-0.05, 0) is 56.7 Å². The number of hydrogen-bond donors (Lipinski definition) is 2. The Morgan fingerprint density at radius 3 is 2.83 bits per heavy atom. The molecule has 7 rings (SSSR count). The summed E-state index contributed by atoms with van der Waals surface area (Å²) in [6.07, 6.45) is 9.99. The van der Waals surface area contributed by atoms with Crippen LogP contribution in [0, 0.1) is 5.92 Å². The highest BCUT2D eigenvalue weighted by Gasteiger charge is 2.30. The number of benzene rings is 1. The number of carbonyl (C=O) groups is 2. The average molecular weight is 581 g/mol. The number of nitrogens with zero attached hydrogens (tertiary/aromatic N) is 6. The van der Waals surface area contributed by atoms with Crippen molar-refractivity contribution in [2.45, 2.75) is 44.9 Å². The summed E-state index contributed by atoms with van der Waals surface area (Å²) in [6, 6.07) is 11.6. The lowest BCUT2D eigenvalue weighted by atomic mass is 9.93. The number of hydrogen-bond acceptors (Lipinski definition) is 9. The van der Waals surface area contributed by atoms with E-state index >= 15 is 0 Å². The zero-order chi connectivity index (χ0) is 28.6. The van der Waals surface area contributed by atoms with Gasteiger partial charge < -0.3 is 15.8 Å². The molecule has 0 atom stereocenters. The van der Waals surface area contributed by atoms with E-state index in [0.717, 1.165) is 77.8 Å². The van der Waals surface area contributed by atoms with Crippen LogP contribution in [-0.2, 0) is 24.1 Å². The monoisotopic (exact) mass is 580 g/mol. The quantitative estimate of drug-likeness (QED) is 0.262. The van der Waals surface area contributed by atoms with Crippen LogP contribution < -0.4 is 15.8 Å². The summed E-state index contributed by atoms with van der Waals surface area (Å²) in [5.74, 6) is 0.0196. The topological polar surface area (TPSA) is 151 Å². The zero-order valence-corrected chi connectivity index (χ0v) is 23.6. The minimum atomic E-state index is -0.620. The second kappa shape index (κ2) is 10.9. The number of ether oxygens (including phenoxy) is 1. The number of nitrogens with two attached hydrogens (primary N) is 1. The number of fused-ring (bicyclic) bond motifs is 2. The molecule has 2 amide bonds. The minimum absolute atomic E-state index is 0.0328. The van der Waals surface area contributed by atoms with E-state index in [0.29, 0.717) is 22.8 Å². The smallest absolute Gasteiger partial charge is 0.264 e. The molecule has 1 fully saturated rings. The van der Waals surface area contributed by atoms with Gasteiger partial charge in [-0.25, -0.2) is 14.6 Å². The van der Waals surface area contributed by atoms with Crippen molar-refractivity contribution < 1.29 is 14.3 Å². The van der Waals surface area contributed by atoms with Gasteiger partial charge in [-0.2, -0.15) is 0 Å².